The van der Waals surface area contributed by atoms with Crippen LogP contribution in [-0.4, -0.2) is 70.3 Å². The highest BCUT2D eigenvalue weighted by atomic mass is 79.9. The first kappa shape index (κ1) is 18.9. The van der Waals surface area contributed by atoms with Gasteiger partial charge in [0.15, 0.2) is 9.84 Å². The SMILES string of the molecule is CCS(=O)(=O)N1CCN(CCS(=O)(=O)c2ccc(Br)cc2)CC1. The van der Waals surface area contributed by atoms with Gasteiger partial charge in [-0.1, -0.05) is 15.9 Å². The molecule has 1 saturated heterocycles. The van der Waals surface area contributed by atoms with Crippen molar-refractivity contribution in [2.45, 2.75) is 11.8 Å². The van der Waals surface area contributed by atoms with Crippen LogP contribution in [0.15, 0.2) is 33.6 Å². The second-order valence-corrected chi connectivity index (χ2v) is 10.7. The summed E-state index contributed by atoms with van der Waals surface area (Å²) in [6.45, 7) is 4.03. The quantitative estimate of drug-likeness (QED) is 0.685. The van der Waals surface area contributed by atoms with Gasteiger partial charge in [0.25, 0.3) is 0 Å². The molecule has 0 amide bonds. The predicted octanol–water partition coefficient (Wildman–Crippen LogP) is 1.19. The molecule has 1 aromatic rings. The molecule has 0 aromatic heterocycles. The summed E-state index contributed by atoms with van der Waals surface area (Å²) in [6, 6.07) is 6.60. The molecule has 0 bridgehead atoms. The molecular weight excluding hydrogens is 404 g/mol. The average molecular weight is 425 g/mol. The third kappa shape index (κ3) is 4.99. The Bertz CT molecular complexity index is 725. The molecular formula is C14H21BrN2O4S2. The maximum atomic E-state index is 12.3. The Hall–Kier alpha value is -0.480. The van der Waals surface area contributed by atoms with Crippen LogP contribution in [0.1, 0.15) is 6.92 Å². The van der Waals surface area contributed by atoms with Crippen molar-refractivity contribution in [2.75, 3.05) is 44.2 Å². The minimum absolute atomic E-state index is 0.0369. The summed E-state index contributed by atoms with van der Waals surface area (Å²) in [5.41, 5.74) is 0. The maximum absolute atomic E-state index is 12.3. The van der Waals surface area contributed by atoms with E-state index in [2.05, 4.69) is 15.9 Å². The third-order valence-electron chi connectivity index (χ3n) is 3.94. The van der Waals surface area contributed by atoms with Crippen molar-refractivity contribution in [2.24, 2.45) is 0 Å². The number of benzene rings is 1. The van der Waals surface area contributed by atoms with Gasteiger partial charge in [0.05, 0.1) is 16.4 Å². The van der Waals surface area contributed by atoms with Crippen molar-refractivity contribution in [1.82, 2.24) is 9.21 Å². The van der Waals surface area contributed by atoms with Gasteiger partial charge in [-0.25, -0.2) is 16.8 Å². The van der Waals surface area contributed by atoms with Crippen molar-refractivity contribution < 1.29 is 16.8 Å². The number of sulfone groups is 1. The van der Waals surface area contributed by atoms with Crippen LogP contribution in [0.2, 0.25) is 0 Å². The zero-order valence-electron chi connectivity index (χ0n) is 13.0. The van der Waals surface area contributed by atoms with Gasteiger partial charge < -0.3 is 0 Å². The van der Waals surface area contributed by atoms with Crippen LogP contribution in [-0.2, 0) is 19.9 Å². The van der Waals surface area contributed by atoms with E-state index in [1.54, 1.807) is 31.2 Å². The van der Waals surface area contributed by atoms with Gasteiger partial charge in [0, 0.05) is 37.2 Å². The van der Waals surface area contributed by atoms with E-state index < -0.39 is 19.9 Å². The summed E-state index contributed by atoms with van der Waals surface area (Å²) in [4.78, 5) is 2.31. The van der Waals surface area contributed by atoms with Crippen LogP contribution < -0.4 is 0 Å². The van der Waals surface area contributed by atoms with E-state index in [1.165, 1.54) is 4.31 Å². The highest BCUT2D eigenvalue weighted by Gasteiger charge is 2.26. The largest absolute Gasteiger partial charge is 0.300 e. The van der Waals surface area contributed by atoms with E-state index in [-0.39, 0.29) is 11.5 Å². The normalized spacial score (nSPS) is 18.2. The van der Waals surface area contributed by atoms with E-state index in [0.29, 0.717) is 37.6 Å². The van der Waals surface area contributed by atoms with Gasteiger partial charge in [-0.3, -0.25) is 4.90 Å². The molecule has 0 N–H and O–H groups in total. The van der Waals surface area contributed by atoms with E-state index in [0.717, 1.165) is 4.47 Å². The molecule has 1 aliphatic rings. The Morgan fingerprint density at radius 1 is 1.00 bits per heavy atom. The maximum Gasteiger partial charge on any atom is 0.213 e. The van der Waals surface area contributed by atoms with Crippen LogP contribution in [0.5, 0.6) is 0 Å². The standard InChI is InChI=1S/C14H21BrN2O4S2/c1-2-23(20,21)17-9-7-16(8-10-17)11-12-22(18,19)14-5-3-13(15)4-6-14/h3-6H,2,7-12H2,1H3. The summed E-state index contributed by atoms with van der Waals surface area (Å²) in [5.74, 6) is 0.139. The lowest BCUT2D eigenvalue weighted by molar-refractivity contribution is 0.197. The molecule has 1 aromatic carbocycles. The second kappa shape index (κ2) is 7.60. The van der Waals surface area contributed by atoms with Crippen molar-refractivity contribution in [3.63, 3.8) is 0 Å². The van der Waals surface area contributed by atoms with Gasteiger partial charge >= 0.3 is 0 Å². The highest BCUT2D eigenvalue weighted by molar-refractivity contribution is 9.10. The molecule has 0 aliphatic carbocycles. The molecule has 1 heterocycles. The Kier molecular flexibility index (Phi) is 6.23. The molecule has 0 atom stereocenters. The summed E-state index contributed by atoms with van der Waals surface area (Å²) in [5, 5.41) is 0. The fourth-order valence-electron chi connectivity index (χ4n) is 2.42. The predicted molar refractivity (Wildman–Crippen MR) is 93.7 cm³/mol. The Labute approximate surface area is 146 Å². The van der Waals surface area contributed by atoms with E-state index in [9.17, 15) is 16.8 Å². The van der Waals surface area contributed by atoms with Crippen LogP contribution in [0.4, 0.5) is 0 Å². The molecule has 0 radical (unpaired) electrons. The molecule has 23 heavy (non-hydrogen) atoms. The summed E-state index contributed by atoms with van der Waals surface area (Å²) in [6.07, 6.45) is 0. The fourth-order valence-corrected chi connectivity index (χ4v) is 5.06. The fraction of sp³-hybridized carbons (Fsp3) is 0.571. The number of nitrogens with zero attached hydrogens (tertiary/aromatic N) is 2. The van der Waals surface area contributed by atoms with E-state index >= 15 is 0 Å². The number of halogens is 1. The zero-order chi connectivity index (χ0) is 17.1. The van der Waals surface area contributed by atoms with Crippen LogP contribution in [0, 0.1) is 0 Å². The average Bonchev–Trinajstić information content (AvgIpc) is 2.54. The molecule has 0 spiro atoms. The monoisotopic (exact) mass is 424 g/mol. The minimum atomic E-state index is -3.32. The van der Waals surface area contributed by atoms with E-state index in [4.69, 9.17) is 0 Å². The van der Waals surface area contributed by atoms with Gasteiger partial charge in [-0.15, -0.1) is 0 Å². The number of rotatable bonds is 6. The first-order valence-corrected chi connectivity index (χ1v) is 11.5. The smallest absolute Gasteiger partial charge is 0.213 e. The van der Waals surface area contributed by atoms with Crippen LogP contribution in [0.3, 0.4) is 0 Å². The van der Waals surface area contributed by atoms with Gasteiger partial charge in [0.1, 0.15) is 0 Å². The molecule has 9 heteroatoms. The van der Waals surface area contributed by atoms with Gasteiger partial charge in [-0.05, 0) is 31.2 Å². The van der Waals surface area contributed by atoms with Gasteiger partial charge in [-0.2, -0.15) is 4.31 Å². The Morgan fingerprint density at radius 3 is 2.09 bits per heavy atom. The molecule has 6 nitrogen and oxygen atoms in total. The number of piperazine rings is 1. The minimum Gasteiger partial charge on any atom is -0.300 e. The topological polar surface area (TPSA) is 74.8 Å². The molecule has 0 unspecified atom stereocenters. The van der Waals surface area contributed by atoms with Crippen molar-refractivity contribution in [3.05, 3.63) is 28.7 Å². The summed E-state index contributed by atoms with van der Waals surface area (Å²) >= 11 is 3.28. The van der Waals surface area contributed by atoms with E-state index in [1.807, 2.05) is 4.90 Å². The van der Waals surface area contributed by atoms with Gasteiger partial charge in [0.2, 0.25) is 10.0 Å². The summed E-state index contributed by atoms with van der Waals surface area (Å²) in [7, 11) is -6.47. The molecule has 130 valence electrons. The van der Waals surface area contributed by atoms with Crippen LogP contribution >= 0.6 is 15.9 Å². The zero-order valence-corrected chi connectivity index (χ0v) is 16.2. The first-order chi connectivity index (χ1) is 10.7. The highest BCUT2D eigenvalue weighted by Crippen LogP contribution is 2.16. The van der Waals surface area contributed by atoms with Crippen molar-refractivity contribution in [1.29, 1.82) is 0 Å². The second-order valence-electron chi connectivity index (χ2n) is 5.41. The van der Waals surface area contributed by atoms with Crippen molar-refractivity contribution >= 4 is 35.8 Å². The van der Waals surface area contributed by atoms with Crippen LogP contribution in [0.25, 0.3) is 0 Å². The number of hydrogen-bond donors (Lipinski definition) is 0. The first-order valence-electron chi connectivity index (χ1n) is 7.43. The van der Waals surface area contributed by atoms with Crippen molar-refractivity contribution in [3.8, 4) is 0 Å². The number of sulfonamides is 1. The summed E-state index contributed by atoms with van der Waals surface area (Å²) < 4.78 is 50.5. The lowest BCUT2D eigenvalue weighted by Gasteiger charge is -2.33. The third-order valence-corrected chi connectivity index (χ3v) is 8.06. The lowest BCUT2D eigenvalue weighted by atomic mass is 10.4. The molecule has 1 fully saturated rings. The Morgan fingerprint density at radius 2 is 1.57 bits per heavy atom. The number of hydrogen-bond acceptors (Lipinski definition) is 5. The molecule has 0 saturated carbocycles. The molecule has 2 rings (SSSR count). The Balaban J connectivity index is 1.89. The molecule has 1 aliphatic heterocycles. The lowest BCUT2D eigenvalue weighted by Crippen LogP contribution is -2.49.